The van der Waals surface area contributed by atoms with Crippen molar-refractivity contribution in [2.24, 2.45) is 5.10 Å². The number of ether oxygens (including phenoxy) is 4. The van der Waals surface area contributed by atoms with Crippen molar-refractivity contribution in [2.75, 3.05) is 21.3 Å². The lowest BCUT2D eigenvalue weighted by atomic mass is 9.97. The van der Waals surface area contributed by atoms with Crippen LogP contribution in [0.5, 0.6) is 23.0 Å². The largest absolute Gasteiger partial charge is 0.493 e. The van der Waals surface area contributed by atoms with Gasteiger partial charge in [0.1, 0.15) is 5.75 Å². The first-order valence-corrected chi connectivity index (χ1v) is 11.4. The molecule has 0 saturated carbocycles. The Bertz CT molecular complexity index is 1160. The second-order valence-corrected chi connectivity index (χ2v) is 9.64. The number of benzene rings is 2. The van der Waals surface area contributed by atoms with Crippen molar-refractivity contribution in [1.82, 2.24) is 5.01 Å². The van der Waals surface area contributed by atoms with Crippen molar-refractivity contribution < 1.29 is 18.9 Å². The molecule has 3 heterocycles. The van der Waals surface area contributed by atoms with E-state index in [0.29, 0.717) is 17.2 Å². The first-order valence-electron chi connectivity index (χ1n) is 9.80. The molecule has 0 radical (unpaired) electrons. The summed E-state index contributed by atoms with van der Waals surface area (Å²) in [6.45, 7) is 0. The van der Waals surface area contributed by atoms with E-state index >= 15 is 0 Å². The molecule has 2 aromatic carbocycles. The molecule has 0 unspecified atom stereocenters. The van der Waals surface area contributed by atoms with E-state index in [1.807, 2.05) is 35.3 Å². The summed E-state index contributed by atoms with van der Waals surface area (Å²) in [5, 5.41) is 7.05. The fraction of sp³-hybridized carbons (Fsp3) is 0.261. The van der Waals surface area contributed by atoms with Crippen LogP contribution in [0.4, 0.5) is 0 Å². The molecule has 2 aliphatic rings. The second kappa shape index (κ2) is 8.09. The van der Waals surface area contributed by atoms with Crippen molar-refractivity contribution in [1.29, 1.82) is 0 Å². The summed E-state index contributed by atoms with van der Waals surface area (Å²) in [4.78, 5) is 1.15. The van der Waals surface area contributed by atoms with Crippen molar-refractivity contribution >= 4 is 33.0 Å². The quantitative estimate of drug-likeness (QED) is 0.444. The van der Waals surface area contributed by atoms with Crippen LogP contribution in [0.2, 0.25) is 0 Å². The van der Waals surface area contributed by atoms with Gasteiger partial charge in [0, 0.05) is 12.0 Å². The topological polar surface area (TPSA) is 52.5 Å². The van der Waals surface area contributed by atoms with E-state index in [9.17, 15) is 0 Å². The van der Waals surface area contributed by atoms with Gasteiger partial charge in [-0.1, -0.05) is 18.2 Å². The zero-order chi connectivity index (χ0) is 21.5. The molecule has 0 aliphatic carbocycles. The van der Waals surface area contributed by atoms with E-state index in [1.165, 1.54) is 0 Å². The SMILES string of the molecule is COc1ccc([C@H]2Oc3ccccc3[C@@H]3CC(c4ccc(Br)s4)=NN23)c(OC)c1OC. The van der Waals surface area contributed by atoms with Crippen LogP contribution in [0.1, 0.15) is 34.7 Å². The fourth-order valence-electron chi connectivity index (χ4n) is 4.18. The molecule has 3 aromatic rings. The average Bonchev–Trinajstić information content (AvgIpc) is 3.44. The third kappa shape index (κ3) is 3.34. The summed E-state index contributed by atoms with van der Waals surface area (Å²) in [5.74, 6) is 2.57. The molecule has 0 spiro atoms. The van der Waals surface area contributed by atoms with Crippen LogP contribution in [0.25, 0.3) is 0 Å². The van der Waals surface area contributed by atoms with Gasteiger partial charge < -0.3 is 18.9 Å². The van der Waals surface area contributed by atoms with E-state index < -0.39 is 6.23 Å². The van der Waals surface area contributed by atoms with Gasteiger partial charge in [-0.15, -0.1) is 11.3 Å². The van der Waals surface area contributed by atoms with Gasteiger partial charge in [-0.05, 0) is 46.3 Å². The zero-order valence-corrected chi connectivity index (χ0v) is 19.7. The minimum atomic E-state index is -0.462. The maximum absolute atomic E-state index is 6.47. The van der Waals surface area contributed by atoms with Crippen molar-refractivity contribution in [3.63, 3.8) is 0 Å². The highest BCUT2D eigenvalue weighted by atomic mass is 79.9. The third-order valence-electron chi connectivity index (χ3n) is 5.56. The molecule has 2 aliphatic heterocycles. The predicted octanol–water partition coefficient (Wildman–Crippen LogP) is 5.78. The molecule has 31 heavy (non-hydrogen) atoms. The first kappa shape index (κ1) is 20.2. The lowest BCUT2D eigenvalue weighted by Gasteiger charge is -2.38. The van der Waals surface area contributed by atoms with Crippen LogP contribution in [-0.2, 0) is 0 Å². The lowest BCUT2D eigenvalue weighted by Crippen LogP contribution is -2.34. The van der Waals surface area contributed by atoms with Crippen LogP contribution >= 0.6 is 27.3 Å². The van der Waals surface area contributed by atoms with Gasteiger partial charge in [0.25, 0.3) is 0 Å². The van der Waals surface area contributed by atoms with E-state index in [4.69, 9.17) is 24.0 Å². The molecule has 160 valence electrons. The van der Waals surface area contributed by atoms with Gasteiger partial charge >= 0.3 is 0 Å². The zero-order valence-electron chi connectivity index (χ0n) is 17.3. The number of hydrogen-bond acceptors (Lipinski definition) is 7. The minimum Gasteiger partial charge on any atom is -0.493 e. The number of nitrogens with zero attached hydrogens (tertiary/aromatic N) is 2. The Hall–Kier alpha value is -2.71. The highest BCUT2D eigenvalue weighted by molar-refractivity contribution is 9.11. The maximum atomic E-state index is 6.47. The number of thiophene rings is 1. The Morgan fingerprint density at radius 1 is 0.968 bits per heavy atom. The standard InChI is InChI=1S/C23H21BrN2O4S/c1-27-18-9-8-14(21(28-2)22(18)29-3)23-26-16(13-6-4-5-7-17(13)30-23)12-15(25-26)19-10-11-20(24)31-19/h4-11,16,23H,12H2,1-3H3/t16-,23+/m0/s1. The summed E-state index contributed by atoms with van der Waals surface area (Å²) >= 11 is 5.25. The third-order valence-corrected chi connectivity index (χ3v) is 7.23. The molecule has 0 amide bonds. The number of halogens is 1. The number of hydrogen-bond donors (Lipinski definition) is 0. The van der Waals surface area contributed by atoms with Crippen LogP contribution < -0.4 is 18.9 Å². The van der Waals surface area contributed by atoms with E-state index in [2.05, 4.69) is 34.1 Å². The molecule has 0 fully saturated rings. The Balaban J connectivity index is 1.64. The summed E-state index contributed by atoms with van der Waals surface area (Å²) in [5.41, 5.74) is 3.01. The molecule has 0 N–H and O–H groups in total. The van der Waals surface area contributed by atoms with Gasteiger partial charge in [0.05, 0.1) is 47.3 Å². The number of fused-ring (bicyclic) bond motifs is 3. The van der Waals surface area contributed by atoms with Gasteiger partial charge in [-0.3, -0.25) is 0 Å². The Kier molecular flexibility index (Phi) is 5.27. The number of methoxy groups -OCH3 is 3. The van der Waals surface area contributed by atoms with Crippen molar-refractivity contribution in [3.05, 3.63) is 68.3 Å². The Morgan fingerprint density at radius 3 is 2.48 bits per heavy atom. The second-order valence-electron chi connectivity index (χ2n) is 7.18. The summed E-state index contributed by atoms with van der Waals surface area (Å²) in [6, 6.07) is 16.2. The van der Waals surface area contributed by atoms with Crippen molar-refractivity contribution in [2.45, 2.75) is 18.7 Å². The van der Waals surface area contributed by atoms with Crippen LogP contribution in [0.3, 0.4) is 0 Å². The summed E-state index contributed by atoms with van der Waals surface area (Å²) in [6.07, 6.45) is 0.343. The average molecular weight is 501 g/mol. The Labute approximate surface area is 193 Å². The van der Waals surface area contributed by atoms with Crippen LogP contribution in [0.15, 0.2) is 57.4 Å². The smallest absolute Gasteiger partial charge is 0.217 e. The van der Waals surface area contributed by atoms with Gasteiger partial charge in [0.15, 0.2) is 11.5 Å². The lowest BCUT2D eigenvalue weighted by molar-refractivity contribution is -0.0205. The maximum Gasteiger partial charge on any atom is 0.217 e. The predicted molar refractivity (Wildman–Crippen MR) is 124 cm³/mol. The highest BCUT2D eigenvalue weighted by Gasteiger charge is 2.42. The first-order chi connectivity index (χ1) is 15.1. The number of rotatable bonds is 5. The molecule has 1 aromatic heterocycles. The monoisotopic (exact) mass is 500 g/mol. The molecule has 6 nitrogen and oxygen atoms in total. The normalized spacial score (nSPS) is 19.2. The van der Waals surface area contributed by atoms with Gasteiger partial charge in [-0.25, -0.2) is 5.01 Å². The molecule has 5 rings (SSSR count). The Morgan fingerprint density at radius 2 is 1.77 bits per heavy atom. The molecule has 0 saturated heterocycles. The molecule has 2 atom stereocenters. The van der Waals surface area contributed by atoms with Crippen LogP contribution in [0, 0.1) is 0 Å². The molecular weight excluding hydrogens is 480 g/mol. The molecular formula is C23H21BrN2O4S. The summed E-state index contributed by atoms with van der Waals surface area (Å²) < 4.78 is 24.4. The number of para-hydroxylation sites is 1. The van der Waals surface area contributed by atoms with Gasteiger partial charge in [-0.2, -0.15) is 5.10 Å². The minimum absolute atomic E-state index is 0.0728. The van der Waals surface area contributed by atoms with E-state index in [-0.39, 0.29) is 6.04 Å². The van der Waals surface area contributed by atoms with Gasteiger partial charge in [0.2, 0.25) is 12.0 Å². The summed E-state index contributed by atoms with van der Waals surface area (Å²) in [7, 11) is 4.83. The highest BCUT2D eigenvalue weighted by Crippen LogP contribution is 2.51. The fourth-order valence-corrected chi connectivity index (χ4v) is 5.56. The van der Waals surface area contributed by atoms with Crippen LogP contribution in [-0.4, -0.2) is 32.0 Å². The van der Waals surface area contributed by atoms with E-state index in [0.717, 1.165) is 37.7 Å². The molecule has 8 heteroatoms. The van der Waals surface area contributed by atoms with Crippen molar-refractivity contribution in [3.8, 4) is 23.0 Å². The number of hydrazone groups is 1. The molecule has 0 bridgehead atoms. The van der Waals surface area contributed by atoms with E-state index in [1.54, 1.807) is 32.7 Å².